The Morgan fingerprint density at radius 2 is 1.86 bits per heavy atom. The van der Waals surface area contributed by atoms with Crippen molar-refractivity contribution in [3.63, 3.8) is 0 Å². The molecule has 112 valence electrons. The Labute approximate surface area is 129 Å². The molecule has 0 bridgehead atoms. The van der Waals surface area contributed by atoms with E-state index in [2.05, 4.69) is 15.9 Å². The molecule has 21 heavy (non-hydrogen) atoms. The van der Waals surface area contributed by atoms with E-state index in [1.807, 2.05) is 6.92 Å². The van der Waals surface area contributed by atoms with Gasteiger partial charge in [-0.05, 0) is 18.6 Å². The summed E-state index contributed by atoms with van der Waals surface area (Å²) in [6.07, 6.45) is 0.747. The van der Waals surface area contributed by atoms with E-state index in [1.54, 1.807) is 6.07 Å². The highest BCUT2D eigenvalue weighted by molar-refractivity contribution is 9.10. The predicted octanol–water partition coefficient (Wildman–Crippen LogP) is 4.89. The highest BCUT2D eigenvalue weighted by Crippen LogP contribution is 2.34. The van der Waals surface area contributed by atoms with Crippen LogP contribution in [-0.2, 0) is 0 Å². The van der Waals surface area contributed by atoms with Crippen molar-refractivity contribution in [2.24, 2.45) is 0 Å². The monoisotopic (exact) mass is 357 g/mol. The van der Waals surface area contributed by atoms with Crippen LogP contribution in [0.1, 0.15) is 13.3 Å². The van der Waals surface area contributed by atoms with Gasteiger partial charge in [0.2, 0.25) is 0 Å². The van der Waals surface area contributed by atoms with Crippen LogP contribution < -0.4 is 15.2 Å². The first kappa shape index (κ1) is 15.6. The van der Waals surface area contributed by atoms with Crippen LogP contribution in [0.4, 0.5) is 14.5 Å². The zero-order chi connectivity index (χ0) is 15.4. The molecule has 0 heterocycles. The fraction of sp³-hybridized carbons (Fsp3) is 0.200. The van der Waals surface area contributed by atoms with E-state index >= 15 is 0 Å². The van der Waals surface area contributed by atoms with Crippen molar-refractivity contribution in [1.82, 2.24) is 0 Å². The molecule has 2 rings (SSSR count). The number of ether oxygens (including phenoxy) is 2. The molecular formula is C15H14BrF2NO2. The topological polar surface area (TPSA) is 44.5 Å². The molecule has 0 atom stereocenters. The van der Waals surface area contributed by atoms with E-state index in [0.717, 1.165) is 12.5 Å². The number of rotatable bonds is 5. The number of hydrogen-bond donors (Lipinski definition) is 1. The van der Waals surface area contributed by atoms with Crippen molar-refractivity contribution in [3.05, 3.63) is 46.4 Å². The van der Waals surface area contributed by atoms with Crippen LogP contribution in [0.2, 0.25) is 0 Å². The van der Waals surface area contributed by atoms with E-state index < -0.39 is 11.6 Å². The average Bonchev–Trinajstić information content (AvgIpc) is 2.39. The molecule has 2 aromatic rings. The second kappa shape index (κ2) is 6.76. The van der Waals surface area contributed by atoms with Gasteiger partial charge < -0.3 is 15.2 Å². The maximum absolute atomic E-state index is 13.7. The molecule has 2 aromatic carbocycles. The molecule has 0 spiro atoms. The van der Waals surface area contributed by atoms with Gasteiger partial charge >= 0.3 is 0 Å². The van der Waals surface area contributed by atoms with Crippen LogP contribution in [0, 0.1) is 11.6 Å². The minimum Gasteiger partial charge on any atom is -0.490 e. The summed E-state index contributed by atoms with van der Waals surface area (Å²) in [5.74, 6) is -0.505. The normalized spacial score (nSPS) is 10.5. The van der Waals surface area contributed by atoms with Gasteiger partial charge in [-0.25, -0.2) is 8.78 Å². The fourth-order valence-electron chi connectivity index (χ4n) is 1.68. The zero-order valence-electron chi connectivity index (χ0n) is 11.3. The Bertz CT molecular complexity index is 630. The molecule has 0 radical (unpaired) electrons. The summed E-state index contributed by atoms with van der Waals surface area (Å²) in [5.41, 5.74) is 5.82. The Balaban J connectivity index is 2.30. The van der Waals surface area contributed by atoms with Crippen LogP contribution in [0.15, 0.2) is 34.8 Å². The first-order valence-corrected chi connectivity index (χ1v) is 7.14. The molecule has 3 nitrogen and oxygen atoms in total. The SMILES string of the molecule is CCCOc1cc(Oc2cc(F)cc(Br)c2)c(N)cc1F. The molecule has 0 aliphatic rings. The molecule has 0 fully saturated rings. The lowest BCUT2D eigenvalue weighted by Crippen LogP contribution is -2.00. The maximum atomic E-state index is 13.7. The summed E-state index contributed by atoms with van der Waals surface area (Å²) in [5, 5.41) is 0. The molecule has 0 saturated carbocycles. The van der Waals surface area contributed by atoms with Crippen molar-refractivity contribution in [2.75, 3.05) is 12.3 Å². The van der Waals surface area contributed by atoms with Gasteiger partial charge in [0.25, 0.3) is 0 Å². The molecule has 0 saturated heterocycles. The van der Waals surface area contributed by atoms with E-state index in [1.165, 1.54) is 18.2 Å². The standard InChI is InChI=1S/C15H14BrF2NO2/c1-2-3-20-14-8-15(13(19)7-12(14)18)21-11-5-9(16)4-10(17)6-11/h4-8H,2-3,19H2,1H3. The Morgan fingerprint density at radius 1 is 1.10 bits per heavy atom. The van der Waals surface area contributed by atoms with Crippen molar-refractivity contribution in [3.8, 4) is 17.2 Å². The van der Waals surface area contributed by atoms with Crippen LogP contribution in [-0.4, -0.2) is 6.61 Å². The van der Waals surface area contributed by atoms with Crippen LogP contribution in [0.3, 0.4) is 0 Å². The number of nitrogens with two attached hydrogens (primary N) is 1. The summed E-state index contributed by atoms with van der Waals surface area (Å²) >= 11 is 3.17. The van der Waals surface area contributed by atoms with Gasteiger partial charge in [0.05, 0.1) is 12.3 Å². The third-order valence-electron chi connectivity index (χ3n) is 2.59. The van der Waals surface area contributed by atoms with Crippen molar-refractivity contribution < 1.29 is 18.3 Å². The Kier molecular flexibility index (Phi) is 5.01. The first-order valence-electron chi connectivity index (χ1n) is 6.35. The predicted molar refractivity (Wildman–Crippen MR) is 80.8 cm³/mol. The van der Waals surface area contributed by atoms with Crippen molar-refractivity contribution in [2.45, 2.75) is 13.3 Å². The van der Waals surface area contributed by atoms with Gasteiger partial charge in [-0.15, -0.1) is 0 Å². The average molecular weight is 358 g/mol. The van der Waals surface area contributed by atoms with Crippen LogP contribution in [0.25, 0.3) is 0 Å². The van der Waals surface area contributed by atoms with Gasteiger partial charge in [-0.1, -0.05) is 22.9 Å². The summed E-state index contributed by atoms with van der Waals surface area (Å²) in [6.45, 7) is 2.29. The molecule has 6 heteroatoms. The van der Waals surface area contributed by atoms with Crippen LogP contribution >= 0.6 is 15.9 Å². The zero-order valence-corrected chi connectivity index (χ0v) is 12.9. The van der Waals surface area contributed by atoms with Gasteiger partial charge in [0, 0.05) is 22.7 Å². The smallest absolute Gasteiger partial charge is 0.167 e. The van der Waals surface area contributed by atoms with Crippen molar-refractivity contribution >= 4 is 21.6 Å². The summed E-state index contributed by atoms with van der Waals surface area (Å²) in [7, 11) is 0. The van der Waals surface area contributed by atoms with E-state index in [9.17, 15) is 8.78 Å². The number of hydrogen-bond acceptors (Lipinski definition) is 3. The van der Waals surface area contributed by atoms with E-state index in [4.69, 9.17) is 15.2 Å². The maximum Gasteiger partial charge on any atom is 0.167 e. The minimum absolute atomic E-state index is 0.0523. The van der Waals surface area contributed by atoms with Crippen molar-refractivity contribution in [1.29, 1.82) is 0 Å². The second-order valence-electron chi connectivity index (χ2n) is 4.38. The Morgan fingerprint density at radius 3 is 2.52 bits per heavy atom. The quantitative estimate of drug-likeness (QED) is 0.774. The lowest BCUT2D eigenvalue weighted by Gasteiger charge is -2.12. The highest BCUT2D eigenvalue weighted by Gasteiger charge is 2.12. The molecule has 0 aliphatic carbocycles. The lowest BCUT2D eigenvalue weighted by molar-refractivity contribution is 0.299. The molecule has 2 N–H and O–H groups in total. The van der Waals surface area contributed by atoms with E-state index in [0.29, 0.717) is 11.1 Å². The number of benzene rings is 2. The second-order valence-corrected chi connectivity index (χ2v) is 5.29. The summed E-state index contributed by atoms with van der Waals surface area (Å²) < 4.78 is 38.3. The molecule has 0 aromatic heterocycles. The summed E-state index contributed by atoms with van der Waals surface area (Å²) in [4.78, 5) is 0. The Hall–Kier alpha value is -1.82. The van der Waals surface area contributed by atoms with Gasteiger partial charge in [-0.2, -0.15) is 0 Å². The third-order valence-corrected chi connectivity index (χ3v) is 3.05. The highest BCUT2D eigenvalue weighted by atomic mass is 79.9. The molecular weight excluding hydrogens is 344 g/mol. The minimum atomic E-state index is -0.561. The van der Waals surface area contributed by atoms with Gasteiger partial charge in [0.15, 0.2) is 17.3 Å². The molecule has 0 aliphatic heterocycles. The molecule has 0 amide bonds. The van der Waals surface area contributed by atoms with E-state index in [-0.39, 0.29) is 22.9 Å². The number of nitrogen functional groups attached to an aromatic ring is 1. The lowest BCUT2D eigenvalue weighted by atomic mass is 10.2. The fourth-order valence-corrected chi connectivity index (χ4v) is 2.12. The third kappa shape index (κ3) is 4.07. The first-order chi connectivity index (χ1) is 9.99. The summed E-state index contributed by atoms with van der Waals surface area (Å²) in [6, 6.07) is 6.57. The largest absolute Gasteiger partial charge is 0.490 e. The van der Waals surface area contributed by atoms with Crippen LogP contribution in [0.5, 0.6) is 17.2 Å². The van der Waals surface area contributed by atoms with Gasteiger partial charge in [-0.3, -0.25) is 0 Å². The van der Waals surface area contributed by atoms with Gasteiger partial charge in [0.1, 0.15) is 11.6 Å². The molecule has 0 unspecified atom stereocenters. The number of halogens is 3. The number of anilines is 1.